The van der Waals surface area contributed by atoms with Crippen molar-refractivity contribution >= 4 is 45.9 Å². The first kappa shape index (κ1) is 19.1. The molecule has 1 N–H and O–H groups in total. The lowest BCUT2D eigenvalue weighted by atomic mass is 10.1. The molecule has 0 aliphatic heterocycles. The number of halogens is 1. The lowest BCUT2D eigenvalue weighted by Gasteiger charge is -2.07. The number of ether oxygens (including phenoxy) is 1. The van der Waals surface area contributed by atoms with Crippen LogP contribution < -0.4 is 5.32 Å². The molecule has 0 heterocycles. The van der Waals surface area contributed by atoms with E-state index in [0.29, 0.717) is 23.2 Å². The quantitative estimate of drug-likeness (QED) is 0.392. The molecule has 0 atom stereocenters. The molecule has 0 aliphatic carbocycles. The Morgan fingerprint density at radius 2 is 1.56 bits per heavy atom. The van der Waals surface area contributed by atoms with Crippen LogP contribution in [0.4, 0.5) is 5.69 Å². The largest absolute Gasteiger partial charge is 0.454 e. The fourth-order valence-electron chi connectivity index (χ4n) is 2.07. The van der Waals surface area contributed by atoms with E-state index in [-0.39, 0.29) is 18.3 Å². The maximum Gasteiger partial charge on any atom is 0.338 e. The Kier molecular flexibility index (Phi) is 7.12. The summed E-state index contributed by atoms with van der Waals surface area (Å²) in [6.07, 6.45) is 1.23. The van der Waals surface area contributed by atoms with Crippen LogP contribution in [0, 0.1) is 3.57 Å². The van der Waals surface area contributed by atoms with Gasteiger partial charge in [0.05, 0.1) is 5.56 Å². The molecular formula is C19H18INO4. The summed E-state index contributed by atoms with van der Waals surface area (Å²) in [6.45, 7) is 1.60. The fourth-order valence-corrected chi connectivity index (χ4v) is 2.43. The van der Waals surface area contributed by atoms with Crippen LogP contribution in [-0.2, 0) is 9.53 Å². The number of anilines is 1. The Bertz CT molecular complexity index is 754. The number of ketones is 1. The van der Waals surface area contributed by atoms with Crippen LogP contribution in [-0.4, -0.2) is 24.3 Å². The Labute approximate surface area is 159 Å². The van der Waals surface area contributed by atoms with Gasteiger partial charge >= 0.3 is 5.97 Å². The Morgan fingerprint density at radius 1 is 0.960 bits per heavy atom. The van der Waals surface area contributed by atoms with Crippen LogP contribution in [0.15, 0.2) is 48.5 Å². The van der Waals surface area contributed by atoms with Gasteiger partial charge in [0.2, 0.25) is 5.91 Å². The Hall–Kier alpha value is -2.22. The van der Waals surface area contributed by atoms with Crippen molar-refractivity contribution in [3.05, 3.63) is 63.2 Å². The second-order valence-corrected chi connectivity index (χ2v) is 6.63. The Balaban J connectivity index is 1.89. The van der Waals surface area contributed by atoms with Crippen LogP contribution >= 0.6 is 22.6 Å². The van der Waals surface area contributed by atoms with Gasteiger partial charge in [0, 0.05) is 21.2 Å². The minimum Gasteiger partial charge on any atom is -0.454 e. The maximum atomic E-state index is 12.1. The summed E-state index contributed by atoms with van der Waals surface area (Å²) >= 11 is 2.14. The zero-order valence-electron chi connectivity index (χ0n) is 13.8. The third-order valence-corrected chi connectivity index (χ3v) is 4.10. The van der Waals surface area contributed by atoms with Crippen molar-refractivity contribution in [2.75, 3.05) is 11.9 Å². The summed E-state index contributed by atoms with van der Waals surface area (Å²) in [5.74, 6) is -0.897. The van der Waals surface area contributed by atoms with Crippen molar-refractivity contribution in [1.29, 1.82) is 0 Å². The molecule has 0 bridgehead atoms. The maximum absolute atomic E-state index is 12.1. The molecule has 2 rings (SSSR count). The van der Waals surface area contributed by atoms with Gasteiger partial charge in [-0.15, -0.1) is 0 Å². The first-order valence-corrected chi connectivity index (χ1v) is 8.93. The van der Waals surface area contributed by atoms with Crippen LogP contribution in [0.3, 0.4) is 0 Å². The highest BCUT2D eigenvalue weighted by molar-refractivity contribution is 14.1. The van der Waals surface area contributed by atoms with Crippen molar-refractivity contribution in [2.24, 2.45) is 0 Å². The van der Waals surface area contributed by atoms with Crippen molar-refractivity contribution in [3.63, 3.8) is 0 Å². The van der Waals surface area contributed by atoms with Gasteiger partial charge in [0.15, 0.2) is 12.4 Å². The van der Waals surface area contributed by atoms with Crippen molar-refractivity contribution in [1.82, 2.24) is 0 Å². The number of benzene rings is 2. The summed E-state index contributed by atoms with van der Waals surface area (Å²) in [7, 11) is 0. The van der Waals surface area contributed by atoms with E-state index in [2.05, 4.69) is 27.9 Å². The van der Waals surface area contributed by atoms with Crippen LogP contribution in [0.25, 0.3) is 0 Å². The smallest absolute Gasteiger partial charge is 0.338 e. The lowest BCUT2D eigenvalue weighted by Crippen LogP contribution is -2.14. The highest BCUT2D eigenvalue weighted by Gasteiger charge is 2.12. The number of rotatable bonds is 7. The molecule has 0 aromatic heterocycles. The van der Waals surface area contributed by atoms with Gasteiger partial charge in [-0.05, 0) is 77.5 Å². The van der Waals surface area contributed by atoms with E-state index >= 15 is 0 Å². The standard InChI is InChI=1S/C19H18INO4/c1-2-3-18(23)21-16-10-6-13(7-11-16)17(22)12-25-19(24)14-4-8-15(20)9-5-14/h4-11H,2-3,12H2,1H3,(H,21,23). The SMILES string of the molecule is CCCC(=O)Nc1ccc(C(=O)COC(=O)c2ccc(I)cc2)cc1. The third-order valence-electron chi connectivity index (χ3n) is 3.38. The average molecular weight is 451 g/mol. The van der Waals surface area contributed by atoms with Gasteiger partial charge in [-0.1, -0.05) is 6.92 Å². The number of carbonyl (C=O) groups excluding carboxylic acids is 3. The van der Waals surface area contributed by atoms with Gasteiger partial charge < -0.3 is 10.1 Å². The van der Waals surface area contributed by atoms with E-state index in [1.165, 1.54) is 0 Å². The van der Waals surface area contributed by atoms with Gasteiger partial charge in [-0.3, -0.25) is 9.59 Å². The summed E-state index contributed by atoms with van der Waals surface area (Å²) in [6, 6.07) is 13.4. The van der Waals surface area contributed by atoms with Crippen molar-refractivity contribution < 1.29 is 19.1 Å². The predicted octanol–water partition coefficient (Wildman–Crippen LogP) is 4.07. The first-order chi connectivity index (χ1) is 12.0. The summed E-state index contributed by atoms with van der Waals surface area (Å²) in [5.41, 5.74) is 1.46. The molecule has 0 saturated heterocycles. The summed E-state index contributed by atoms with van der Waals surface area (Å²) in [5, 5.41) is 2.75. The summed E-state index contributed by atoms with van der Waals surface area (Å²) in [4.78, 5) is 35.5. The molecule has 5 nitrogen and oxygen atoms in total. The second kappa shape index (κ2) is 9.31. The highest BCUT2D eigenvalue weighted by atomic mass is 127. The minimum atomic E-state index is -0.534. The molecule has 0 aliphatic rings. The van der Waals surface area contributed by atoms with Crippen LogP contribution in [0.1, 0.15) is 40.5 Å². The van der Waals surface area contributed by atoms with E-state index < -0.39 is 5.97 Å². The Morgan fingerprint density at radius 3 is 2.16 bits per heavy atom. The number of hydrogen-bond acceptors (Lipinski definition) is 4. The molecule has 0 saturated carbocycles. The van der Waals surface area contributed by atoms with E-state index in [9.17, 15) is 14.4 Å². The van der Waals surface area contributed by atoms with E-state index in [1.807, 2.05) is 6.92 Å². The molecule has 0 spiro atoms. The van der Waals surface area contributed by atoms with Crippen LogP contribution in [0.2, 0.25) is 0 Å². The number of carbonyl (C=O) groups is 3. The fraction of sp³-hybridized carbons (Fsp3) is 0.211. The molecule has 1 amide bonds. The van der Waals surface area contributed by atoms with Crippen LogP contribution in [0.5, 0.6) is 0 Å². The number of nitrogens with one attached hydrogen (secondary N) is 1. The van der Waals surface area contributed by atoms with Gasteiger partial charge in [-0.2, -0.15) is 0 Å². The highest BCUT2D eigenvalue weighted by Crippen LogP contribution is 2.12. The molecule has 0 unspecified atom stereocenters. The number of Topliss-reactive ketones (excluding diaryl/α,β-unsaturated/α-hetero) is 1. The molecule has 2 aromatic carbocycles. The molecular weight excluding hydrogens is 433 g/mol. The minimum absolute atomic E-state index is 0.0620. The molecule has 25 heavy (non-hydrogen) atoms. The second-order valence-electron chi connectivity index (χ2n) is 5.38. The predicted molar refractivity (Wildman–Crippen MR) is 104 cm³/mol. The zero-order chi connectivity index (χ0) is 18.2. The zero-order valence-corrected chi connectivity index (χ0v) is 15.9. The third kappa shape index (κ3) is 5.97. The first-order valence-electron chi connectivity index (χ1n) is 7.85. The lowest BCUT2D eigenvalue weighted by molar-refractivity contribution is -0.116. The van der Waals surface area contributed by atoms with Gasteiger partial charge in [-0.25, -0.2) is 4.79 Å². The van der Waals surface area contributed by atoms with E-state index in [0.717, 1.165) is 9.99 Å². The molecule has 0 radical (unpaired) electrons. The number of amides is 1. The molecule has 0 fully saturated rings. The normalized spacial score (nSPS) is 10.2. The van der Waals surface area contributed by atoms with Gasteiger partial charge in [0.25, 0.3) is 0 Å². The average Bonchev–Trinajstić information content (AvgIpc) is 2.61. The number of esters is 1. The number of hydrogen-bond donors (Lipinski definition) is 1. The molecule has 130 valence electrons. The monoisotopic (exact) mass is 451 g/mol. The van der Waals surface area contributed by atoms with E-state index in [1.54, 1.807) is 48.5 Å². The van der Waals surface area contributed by atoms with Crippen molar-refractivity contribution in [2.45, 2.75) is 19.8 Å². The van der Waals surface area contributed by atoms with Crippen molar-refractivity contribution in [3.8, 4) is 0 Å². The molecule has 2 aromatic rings. The topological polar surface area (TPSA) is 72.5 Å². The summed E-state index contributed by atoms with van der Waals surface area (Å²) < 4.78 is 6.06. The van der Waals surface area contributed by atoms with Gasteiger partial charge in [0.1, 0.15) is 0 Å². The van der Waals surface area contributed by atoms with E-state index in [4.69, 9.17) is 4.74 Å². The molecule has 6 heteroatoms.